The lowest BCUT2D eigenvalue weighted by Crippen LogP contribution is -2.68. The molecule has 6 rings (SSSR count). The second-order valence-electron chi connectivity index (χ2n) is 15.1. The first kappa shape index (κ1) is 32.6. The van der Waals surface area contributed by atoms with E-state index in [0.29, 0.717) is 6.42 Å². The van der Waals surface area contributed by atoms with E-state index in [-0.39, 0.29) is 39.9 Å². The highest BCUT2D eigenvalue weighted by Gasteiger charge is 2.58. The van der Waals surface area contributed by atoms with Gasteiger partial charge in [0, 0.05) is 12.3 Å². The molecule has 4 atom stereocenters. The molecule has 238 valence electrons. The molecule has 4 aromatic carbocycles. The lowest BCUT2D eigenvalue weighted by atomic mass is 9.84. The van der Waals surface area contributed by atoms with Crippen molar-refractivity contribution in [1.82, 2.24) is 0 Å². The largest absolute Gasteiger partial charge is 0.404 e. The smallest absolute Gasteiger partial charge is 0.261 e. The van der Waals surface area contributed by atoms with Crippen LogP contribution >= 0.6 is 0 Å². The number of carbonyl (C=O) groups excluding carboxylic acids is 1. The Morgan fingerprint density at radius 3 is 1.24 bits per heavy atom. The third-order valence-corrected chi connectivity index (χ3v) is 20.4. The fourth-order valence-corrected chi connectivity index (χ4v) is 17.7. The van der Waals surface area contributed by atoms with E-state index in [2.05, 4.69) is 169 Å². The summed E-state index contributed by atoms with van der Waals surface area (Å²) in [7, 11) is -5.67. The summed E-state index contributed by atoms with van der Waals surface area (Å²) in [4.78, 5) is 13.1. The summed E-state index contributed by atoms with van der Waals surface area (Å²) in [5.74, 6) is 0.341. The van der Waals surface area contributed by atoms with Gasteiger partial charge in [0.15, 0.2) is 5.78 Å². The van der Waals surface area contributed by atoms with Gasteiger partial charge in [-0.2, -0.15) is 0 Å². The molecule has 0 radical (unpaired) electrons. The minimum Gasteiger partial charge on any atom is -0.404 e. The first-order valence-electron chi connectivity index (χ1n) is 16.8. The van der Waals surface area contributed by atoms with Crippen molar-refractivity contribution in [3.05, 3.63) is 133 Å². The first-order chi connectivity index (χ1) is 22.0. The molecule has 0 spiro atoms. The quantitative estimate of drug-likeness (QED) is 0.193. The van der Waals surface area contributed by atoms with Crippen LogP contribution in [0.5, 0.6) is 0 Å². The van der Waals surface area contributed by atoms with Crippen LogP contribution in [0.1, 0.15) is 54.4 Å². The van der Waals surface area contributed by atoms with E-state index in [1.807, 2.05) is 0 Å². The van der Waals surface area contributed by atoms with Crippen LogP contribution in [0.2, 0.25) is 10.1 Å². The van der Waals surface area contributed by atoms with Crippen LogP contribution in [0.15, 0.2) is 133 Å². The van der Waals surface area contributed by atoms with Gasteiger partial charge in [0.05, 0.1) is 12.2 Å². The van der Waals surface area contributed by atoms with Crippen molar-refractivity contribution in [1.29, 1.82) is 0 Å². The molecule has 0 saturated heterocycles. The van der Waals surface area contributed by atoms with Gasteiger partial charge in [-0.15, -0.1) is 0 Å². The average molecular weight is 645 g/mol. The fraction of sp³-hybridized carbons (Fsp3) is 0.341. The van der Waals surface area contributed by atoms with Gasteiger partial charge >= 0.3 is 0 Å². The van der Waals surface area contributed by atoms with E-state index in [0.717, 1.165) is 6.42 Å². The molecule has 0 bridgehead atoms. The Hall–Kier alpha value is -3.36. The molecule has 0 heterocycles. The van der Waals surface area contributed by atoms with Crippen LogP contribution in [0.3, 0.4) is 0 Å². The molecule has 1 saturated carbocycles. The summed E-state index contributed by atoms with van der Waals surface area (Å²) in [5, 5.41) is 4.78. The Labute approximate surface area is 278 Å². The highest BCUT2D eigenvalue weighted by molar-refractivity contribution is 7.00. The summed E-state index contributed by atoms with van der Waals surface area (Å²) >= 11 is 0. The fourth-order valence-electron chi connectivity index (χ4n) is 8.24. The maximum absolute atomic E-state index is 13.1. The summed E-state index contributed by atoms with van der Waals surface area (Å²) in [5.41, 5.74) is 0. The molecule has 5 heteroatoms. The number of rotatable bonds is 8. The maximum Gasteiger partial charge on any atom is 0.261 e. The summed E-state index contributed by atoms with van der Waals surface area (Å²) in [6, 6.07) is 43.5. The number of allylic oxidation sites excluding steroid dienone is 1. The van der Waals surface area contributed by atoms with Crippen molar-refractivity contribution in [2.75, 3.05) is 0 Å². The van der Waals surface area contributed by atoms with Crippen LogP contribution in [-0.2, 0) is 13.6 Å². The van der Waals surface area contributed by atoms with Crippen molar-refractivity contribution in [3.63, 3.8) is 0 Å². The number of fused-ring (bicyclic) bond motifs is 1. The van der Waals surface area contributed by atoms with Gasteiger partial charge in [-0.3, -0.25) is 4.79 Å². The Bertz CT molecular complexity index is 1560. The lowest BCUT2D eigenvalue weighted by molar-refractivity contribution is -0.116. The van der Waals surface area contributed by atoms with E-state index in [4.69, 9.17) is 8.85 Å². The molecular formula is C41H48O3Si2. The van der Waals surface area contributed by atoms with Crippen molar-refractivity contribution in [2.45, 2.75) is 76.7 Å². The van der Waals surface area contributed by atoms with Gasteiger partial charge in [-0.1, -0.05) is 169 Å². The second-order valence-corrected chi connectivity index (χ2v) is 23.7. The van der Waals surface area contributed by atoms with Crippen LogP contribution in [-0.4, -0.2) is 34.6 Å². The zero-order valence-electron chi connectivity index (χ0n) is 28.2. The topological polar surface area (TPSA) is 35.5 Å². The SMILES string of the molecule is CC(C)(C)[Si](O[C@H]1C[C@@H](O[Si](c2ccccc2)(c2ccccc2)C(C)(C)C)[C@@H]2C=CC(=O)C[C@@H]21)(c1ccccc1)c1ccccc1. The highest BCUT2D eigenvalue weighted by atomic mass is 28.4. The van der Waals surface area contributed by atoms with Crippen LogP contribution < -0.4 is 20.7 Å². The van der Waals surface area contributed by atoms with Crippen molar-refractivity contribution < 1.29 is 13.6 Å². The monoisotopic (exact) mass is 644 g/mol. The van der Waals surface area contributed by atoms with Gasteiger partial charge in [-0.05, 0) is 49.2 Å². The Kier molecular flexibility index (Phi) is 8.98. The van der Waals surface area contributed by atoms with Gasteiger partial charge in [0.1, 0.15) is 0 Å². The van der Waals surface area contributed by atoms with Crippen molar-refractivity contribution in [2.24, 2.45) is 11.8 Å². The third kappa shape index (κ3) is 5.72. The molecule has 4 aromatic rings. The minimum absolute atomic E-state index is 0.0577. The third-order valence-electron chi connectivity index (χ3n) is 10.3. The van der Waals surface area contributed by atoms with Gasteiger partial charge < -0.3 is 8.85 Å². The molecule has 3 nitrogen and oxygen atoms in total. The normalized spacial score (nSPS) is 22.1. The molecule has 0 N–H and O–H groups in total. The van der Waals surface area contributed by atoms with Crippen LogP contribution in [0, 0.1) is 11.8 Å². The van der Waals surface area contributed by atoms with E-state index in [1.54, 1.807) is 6.08 Å². The summed E-state index contributed by atoms with van der Waals surface area (Å²) in [6.07, 6.45) is 4.99. The number of ketones is 1. The maximum atomic E-state index is 13.1. The van der Waals surface area contributed by atoms with Gasteiger partial charge in [-0.25, -0.2) is 0 Å². The summed E-state index contributed by atoms with van der Waals surface area (Å²) < 4.78 is 15.6. The van der Waals surface area contributed by atoms with Crippen molar-refractivity contribution in [3.8, 4) is 0 Å². The Balaban J connectivity index is 1.48. The molecule has 2 aliphatic rings. The summed E-state index contributed by atoms with van der Waals surface area (Å²) in [6.45, 7) is 14.0. The second kappa shape index (κ2) is 12.7. The first-order valence-corrected chi connectivity index (χ1v) is 20.6. The Morgan fingerprint density at radius 1 is 0.543 bits per heavy atom. The molecule has 0 aromatic heterocycles. The van der Waals surface area contributed by atoms with Gasteiger partial charge in [0.2, 0.25) is 0 Å². The van der Waals surface area contributed by atoms with E-state index in [1.165, 1.54) is 20.7 Å². The number of hydrogen-bond acceptors (Lipinski definition) is 3. The van der Waals surface area contributed by atoms with E-state index in [9.17, 15) is 4.79 Å². The number of carbonyl (C=O) groups is 1. The highest BCUT2D eigenvalue weighted by Crippen LogP contribution is 2.48. The molecule has 46 heavy (non-hydrogen) atoms. The molecule has 1 fully saturated rings. The Morgan fingerprint density at radius 2 is 0.891 bits per heavy atom. The lowest BCUT2D eigenvalue weighted by Gasteiger charge is -2.46. The average Bonchev–Trinajstić information content (AvgIpc) is 3.38. The zero-order valence-corrected chi connectivity index (χ0v) is 30.2. The predicted molar refractivity (Wildman–Crippen MR) is 195 cm³/mol. The van der Waals surface area contributed by atoms with Crippen molar-refractivity contribution >= 4 is 43.2 Å². The molecular weight excluding hydrogens is 597 g/mol. The number of benzene rings is 4. The minimum atomic E-state index is -2.85. The molecule has 0 amide bonds. The standard InChI is InChI=1S/C41H48O3Si2/c1-40(2,3)45(32-19-11-7-12-20-32,33-21-13-8-14-22-33)43-38-30-39(37-29-31(42)27-28-36(37)38)44-46(41(4,5)6,34-23-15-9-16-24-34)35-25-17-10-18-26-35/h7-28,36-39H,29-30H2,1-6H3/t36-,37+,38-,39+/m1/s1. The van der Waals surface area contributed by atoms with Crippen LogP contribution in [0.4, 0.5) is 0 Å². The van der Waals surface area contributed by atoms with Crippen LogP contribution in [0.25, 0.3) is 0 Å². The molecule has 2 aliphatic carbocycles. The molecule has 0 unspecified atom stereocenters. The predicted octanol–water partition coefficient (Wildman–Crippen LogP) is 7.04. The van der Waals surface area contributed by atoms with Gasteiger partial charge in [0.25, 0.3) is 16.6 Å². The zero-order chi connectivity index (χ0) is 32.6. The molecule has 0 aliphatic heterocycles. The van der Waals surface area contributed by atoms with E-state index < -0.39 is 16.6 Å². The van der Waals surface area contributed by atoms with E-state index >= 15 is 0 Å². The number of hydrogen-bond donors (Lipinski definition) is 0.